The third-order valence-corrected chi connectivity index (χ3v) is 2.98. The summed E-state index contributed by atoms with van der Waals surface area (Å²) >= 11 is 1.07. The standard InChI is InChI=1S/C10H9F2N3S/c1-15-5-8(13)10(14-15)16-9-3-2-6(11)4-7(9)12/h2-5H,13H2,1H3. The van der Waals surface area contributed by atoms with E-state index in [1.807, 2.05) is 0 Å². The Hall–Kier alpha value is -1.56. The maximum Gasteiger partial charge on any atom is 0.146 e. The van der Waals surface area contributed by atoms with Crippen LogP contribution in [-0.2, 0) is 7.05 Å². The molecule has 0 aliphatic rings. The highest BCUT2D eigenvalue weighted by atomic mass is 32.2. The van der Waals surface area contributed by atoms with E-state index in [1.54, 1.807) is 17.9 Å². The molecule has 6 heteroatoms. The van der Waals surface area contributed by atoms with Crippen molar-refractivity contribution in [1.82, 2.24) is 9.78 Å². The SMILES string of the molecule is Cn1cc(N)c(Sc2ccc(F)cc2F)n1. The third-order valence-electron chi connectivity index (χ3n) is 1.92. The van der Waals surface area contributed by atoms with Crippen LogP contribution in [0.4, 0.5) is 14.5 Å². The highest BCUT2D eigenvalue weighted by molar-refractivity contribution is 7.99. The Morgan fingerprint density at radius 1 is 1.38 bits per heavy atom. The quantitative estimate of drug-likeness (QED) is 0.878. The minimum atomic E-state index is -0.616. The summed E-state index contributed by atoms with van der Waals surface area (Å²) < 4.78 is 27.6. The number of anilines is 1. The number of halogens is 2. The molecule has 0 fully saturated rings. The molecular formula is C10H9F2N3S. The lowest BCUT2D eigenvalue weighted by Gasteiger charge is -2.00. The van der Waals surface area contributed by atoms with Crippen molar-refractivity contribution in [3.05, 3.63) is 36.0 Å². The van der Waals surface area contributed by atoms with Crippen molar-refractivity contribution in [1.29, 1.82) is 0 Å². The molecule has 0 aliphatic carbocycles. The number of aryl methyl sites for hydroxylation is 1. The van der Waals surface area contributed by atoms with Gasteiger partial charge in [-0.15, -0.1) is 0 Å². The molecule has 84 valence electrons. The van der Waals surface area contributed by atoms with Crippen molar-refractivity contribution in [3.8, 4) is 0 Å². The number of hydrogen-bond acceptors (Lipinski definition) is 3. The molecule has 0 spiro atoms. The van der Waals surface area contributed by atoms with E-state index in [0.29, 0.717) is 15.6 Å². The highest BCUT2D eigenvalue weighted by Crippen LogP contribution is 2.32. The number of hydrogen-bond donors (Lipinski definition) is 1. The van der Waals surface area contributed by atoms with Gasteiger partial charge in [-0.25, -0.2) is 8.78 Å². The first-order valence-electron chi connectivity index (χ1n) is 4.48. The molecule has 0 aliphatic heterocycles. The molecule has 2 N–H and O–H groups in total. The van der Waals surface area contributed by atoms with Crippen LogP contribution in [0.3, 0.4) is 0 Å². The zero-order valence-corrected chi connectivity index (χ0v) is 9.26. The lowest BCUT2D eigenvalue weighted by molar-refractivity contribution is 0.565. The first-order chi connectivity index (χ1) is 7.56. The van der Waals surface area contributed by atoms with Crippen LogP contribution in [0.15, 0.2) is 34.3 Å². The van der Waals surface area contributed by atoms with E-state index >= 15 is 0 Å². The summed E-state index contributed by atoms with van der Waals surface area (Å²) in [5.41, 5.74) is 6.14. The molecule has 0 bridgehead atoms. The zero-order valence-electron chi connectivity index (χ0n) is 8.45. The molecule has 0 unspecified atom stereocenters. The summed E-state index contributed by atoms with van der Waals surface area (Å²) in [6, 6.07) is 3.40. The molecule has 16 heavy (non-hydrogen) atoms. The van der Waals surface area contributed by atoms with Crippen molar-refractivity contribution in [2.45, 2.75) is 9.92 Å². The topological polar surface area (TPSA) is 43.8 Å². The minimum absolute atomic E-state index is 0.298. The van der Waals surface area contributed by atoms with Crippen LogP contribution >= 0.6 is 11.8 Å². The smallest absolute Gasteiger partial charge is 0.146 e. The lowest BCUT2D eigenvalue weighted by Crippen LogP contribution is -1.88. The van der Waals surface area contributed by atoms with E-state index in [2.05, 4.69) is 5.10 Å². The number of nitrogens with two attached hydrogens (primary N) is 1. The Bertz CT molecular complexity index is 525. The van der Waals surface area contributed by atoms with Crippen molar-refractivity contribution in [2.24, 2.45) is 7.05 Å². The first kappa shape index (κ1) is 10.9. The van der Waals surface area contributed by atoms with Gasteiger partial charge >= 0.3 is 0 Å². The average molecular weight is 241 g/mol. The summed E-state index contributed by atoms with van der Waals surface area (Å²) in [6.45, 7) is 0. The third kappa shape index (κ3) is 2.16. The van der Waals surface area contributed by atoms with E-state index in [-0.39, 0.29) is 0 Å². The van der Waals surface area contributed by atoms with E-state index in [1.165, 1.54) is 12.1 Å². The number of nitrogens with zero attached hydrogens (tertiary/aromatic N) is 2. The van der Waals surface area contributed by atoms with Gasteiger partial charge in [0.1, 0.15) is 16.7 Å². The van der Waals surface area contributed by atoms with Crippen LogP contribution in [0.2, 0.25) is 0 Å². The number of nitrogen functional groups attached to an aromatic ring is 1. The van der Waals surface area contributed by atoms with Gasteiger partial charge in [-0.05, 0) is 12.1 Å². The van der Waals surface area contributed by atoms with Crippen LogP contribution in [0.1, 0.15) is 0 Å². The Balaban J connectivity index is 2.30. The Morgan fingerprint density at radius 3 is 2.69 bits per heavy atom. The largest absolute Gasteiger partial charge is 0.395 e. The summed E-state index contributed by atoms with van der Waals surface area (Å²) in [7, 11) is 1.72. The van der Waals surface area contributed by atoms with Crippen molar-refractivity contribution in [3.63, 3.8) is 0 Å². The average Bonchev–Trinajstić information content (AvgIpc) is 2.50. The normalized spacial score (nSPS) is 10.7. The Labute approximate surface area is 95.3 Å². The molecule has 2 aromatic rings. The van der Waals surface area contributed by atoms with E-state index in [4.69, 9.17) is 5.73 Å². The summed E-state index contributed by atoms with van der Waals surface area (Å²) in [6.07, 6.45) is 1.63. The van der Waals surface area contributed by atoms with Crippen LogP contribution < -0.4 is 5.73 Å². The minimum Gasteiger partial charge on any atom is -0.395 e. The fourth-order valence-corrected chi connectivity index (χ4v) is 2.07. The second-order valence-corrected chi connectivity index (χ2v) is 4.27. The van der Waals surface area contributed by atoms with Crippen molar-refractivity contribution < 1.29 is 8.78 Å². The van der Waals surface area contributed by atoms with Crippen molar-refractivity contribution >= 4 is 17.4 Å². The molecule has 1 heterocycles. The number of benzene rings is 1. The second kappa shape index (κ2) is 4.13. The molecule has 2 rings (SSSR count). The monoisotopic (exact) mass is 241 g/mol. The summed E-state index contributed by atoms with van der Waals surface area (Å²) in [4.78, 5) is 0.298. The molecular weight excluding hydrogens is 232 g/mol. The maximum atomic E-state index is 13.3. The first-order valence-corrected chi connectivity index (χ1v) is 5.30. The Morgan fingerprint density at radius 2 is 2.12 bits per heavy atom. The molecule has 0 saturated heterocycles. The summed E-state index contributed by atoms with van der Waals surface area (Å²) in [5.74, 6) is -1.22. The van der Waals surface area contributed by atoms with Gasteiger partial charge in [-0.1, -0.05) is 11.8 Å². The van der Waals surface area contributed by atoms with Crippen LogP contribution in [0.25, 0.3) is 0 Å². The van der Waals surface area contributed by atoms with Crippen LogP contribution in [-0.4, -0.2) is 9.78 Å². The molecule has 3 nitrogen and oxygen atoms in total. The van der Waals surface area contributed by atoms with E-state index < -0.39 is 11.6 Å². The molecule has 1 aromatic heterocycles. The van der Waals surface area contributed by atoms with E-state index in [0.717, 1.165) is 17.8 Å². The van der Waals surface area contributed by atoms with Gasteiger partial charge in [0.25, 0.3) is 0 Å². The second-order valence-electron chi connectivity index (χ2n) is 3.24. The van der Waals surface area contributed by atoms with Gasteiger partial charge < -0.3 is 5.73 Å². The predicted molar refractivity (Wildman–Crippen MR) is 58.1 cm³/mol. The van der Waals surface area contributed by atoms with Gasteiger partial charge in [-0.3, -0.25) is 4.68 Å². The van der Waals surface area contributed by atoms with Gasteiger partial charge in [0, 0.05) is 24.2 Å². The molecule has 0 atom stereocenters. The van der Waals surface area contributed by atoms with Gasteiger partial charge in [0.2, 0.25) is 0 Å². The lowest BCUT2D eigenvalue weighted by atomic mass is 10.3. The highest BCUT2D eigenvalue weighted by Gasteiger charge is 2.10. The maximum absolute atomic E-state index is 13.3. The fraction of sp³-hybridized carbons (Fsp3) is 0.100. The number of aromatic nitrogens is 2. The van der Waals surface area contributed by atoms with Gasteiger partial charge in [-0.2, -0.15) is 5.10 Å². The molecule has 0 radical (unpaired) electrons. The Kier molecular flexibility index (Phi) is 2.82. The van der Waals surface area contributed by atoms with E-state index in [9.17, 15) is 8.78 Å². The fourth-order valence-electron chi connectivity index (χ4n) is 1.23. The molecule has 0 saturated carbocycles. The summed E-state index contributed by atoms with van der Waals surface area (Å²) in [5, 5.41) is 4.57. The predicted octanol–water partition coefficient (Wildman–Crippen LogP) is 2.43. The van der Waals surface area contributed by atoms with Gasteiger partial charge in [0.05, 0.1) is 5.69 Å². The van der Waals surface area contributed by atoms with Crippen LogP contribution in [0, 0.1) is 11.6 Å². The van der Waals surface area contributed by atoms with Gasteiger partial charge in [0.15, 0.2) is 0 Å². The zero-order chi connectivity index (χ0) is 11.7. The number of rotatable bonds is 2. The van der Waals surface area contributed by atoms with Crippen molar-refractivity contribution in [2.75, 3.05) is 5.73 Å². The molecule has 1 aromatic carbocycles. The van der Waals surface area contributed by atoms with Crippen LogP contribution in [0.5, 0.6) is 0 Å². The molecule has 0 amide bonds.